The van der Waals surface area contributed by atoms with Crippen molar-refractivity contribution in [2.24, 2.45) is 5.92 Å². The van der Waals surface area contributed by atoms with E-state index in [2.05, 4.69) is 44.3 Å². The fourth-order valence-corrected chi connectivity index (χ4v) is 3.97. The van der Waals surface area contributed by atoms with Crippen LogP contribution in [0, 0.1) is 12.8 Å². The van der Waals surface area contributed by atoms with Gasteiger partial charge in [-0.05, 0) is 42.6 Å². The first-order chi connectivity index (χ1) is 9.28. The van der Waals surface area contributed by atoms with Gasteiger partial charge in [0.05, 0.1) is 5.75 Å². The van der Waals surface area contributed by atoms with Gasteiger partial charge in [0.1, 0.15) is 9.84 Å². The second-order valence-corrected chi connectivity index (χ2v) is 9.02. The van der Waals surface area contributed by atoms with E-state index in [1.807, 2.05) is 0 Å². The summed E-state index contributed by atoms with van der Waals surface area (Å²) in [4.78, 5) is 1.14. The van der Waals surface area contributed by atoms with Crippen LogP contribution in [0.4, 0.5) is 0 Å². The summed E-state index contributed by atoms with van der Waals surface area (Å²) in [6.45, 7) is 8.40. The van der Waals surface area contributed by atoms with Crippen LogP contribution in [-0.2, 0) is 16.4 Å². The molecule has 0 aliphatic carbocycles. The van der Waals surface area contributed by atoms with Crippen molar-refractivity contribution in [3.05, 3.63) is 29.3 Å². The summed E-state index contributed by atoms with van der Waals surface area (Å²) in [6, 6.07) is 6.34. The predicted molar refractivity (Wildman–Crippen MR) is 88.2 cm³/mol. The molecular weight excluding hydrogens is 290 g/mol. The maximum atomic E-state index is 11.1. The SMILES string of the molecule is Cc1cc(SCCS(C)(=O)=O)ccc1CNCC(C)C. The molecule has 0 heterocycles. The van der Waals surface area contributed by atoms with Crippen LogP contribution in [0.2, 0.25) is 0 Å². The van der Waals surface area contributed by atoms with Crippen molar-refractivity contribution in [2.75, 3.05) is 24.3 Å². The number of thioether (sulfide) groups is 1. The zero-order chi connectivity index (χ0) is 15.2. The fraction of sp³-hybridized carbons (Fsp3) is 0.600. The molecule has 1 aromatic rings. The molecule has 0 saturated carbocycles. The standard InChI is InChI=1S/C15H25NO2S2/c1-12(2)10-16-11-14-5-6-15(9-13(14)3)19-7-8-20(4,17)18/h5-6,9,12,16H,7-8,10-11H2,1-4H3. The number of hydrogen-bond donors (Lipinski definition) is 1. The van der Waals surface area contributed by atoms with Crippen molar-refractivity contribution >= 4 is 21.6 Å². The Morgan fingerprint density at radius 1 is 1.30 bits per heavy atom. The molecule has 0 aromatic heterocycles. The Morgan fingerprint density at radius 3 is 2.55 bits per heavy atom. The second-order valence-electron chi connectivity index (χ2n) is 5.59. The Morgan fingerprint density at radius 2 is 2.00 bits per heavy atom. The maximum Gasteiger partial charge on any atom is 0.148 e. The van der Waals surface area contributed by atoms with Crippen molar-refractivity contribution in [2.45, 2.75) is 32.2 Å². The van der Waals surface area contributed by atoms with Crippen LogP contribution in [0.15, 0.2) is 23.1 Å². The van der Waals surface area contributed by atoms with E-state index < -0.39 is 9.84 Å². The Kier molecular flexibility index (Phi) is 7.06. The summed E-state index contributed by atoms with van der Waals surface area (Å²) < 4.78 is 22.2. The zero-order valence-corrected chi connectivity index (χ0v) is 14.4. The Hall–Kier alpha value is -0.520. The minimum absolute atomic E-state index is 0.231. The van der Waals surface area contributed by atoms with Gasteiger partial charge in [-0.3, -0.25) is 0 Å². The Balaban J connectivity index is 2.50. The molecule has 114 valence electrons. The fourth-order valence-electron chi connectivity index (χ4n) is 1.76. The number of sulfone groups is 1. The van der Waals surface area contributed by atoms with Crippen LogP contribution in [0.25, 0.3) is 0 Å². The van der Waals surface area contributed by atoms with Gasteiger partial charge >= 0.3 is 0 Å². The lowest BCUT2D eigenvalue weighted by atomic mass is 10.1. The molecule has 20 heavy (non-hydrogen) atoms. The maximum absolute atomic E-state index is 11.1. The molecule has 0 amide bonds. The molecule has 1 aromatic carbocycles. The molecule has 0 atom stereocenters. The van der Waals surface area contributed by atoms with Gasteiger partial charge in [0, 0.05) is 23.4 Å². The van der Waals surface area contributed by atoms with Gasteiger partial charge in [-0.2, -0.15) is 0 Å². The highest BCUT2D eigenvalue weighted by Crippen LogP contribution is 2.21. The molecule has 0 bridgehead atoms. The first-order valence-corrected chi connectivity index (χ1v) is 9.93. The van der Waals surface area contributed by atoms with Gasteiger partial charge in [0.15, 0.2) is 0 Å². The largest absolute Gasteiger partial charge is 0.312 e. The first-order valence-electron chi connectivity index (χ1n) is 6.88. The van der Waals surface area contributed by atoms with Gasteiger partial charge < -0.3 is 5.32 Å². The number of nitrogens with one attached hydrogen (secondary N) is 1. The number of hydrogen-bond acceptors (Lipinski definition) is 4. The highest BCUT2D eigenvalue weighted by molar-refractivity contribution is 8.00. The summed E-state index contributed by atoms with van der Waals surface area (Å²) in [5, 5.41) is 3.44. The molecule has 0 aliphatic heterocycles. The van der Waals surface area contributed by atoms with Crippen LogP contribution in [0.5, 0.6) is 0 Å². The third-order valence-corrected chi connectivity index (χ3v) is 5.10. The van der Waals surface area contributed by atoms with Crippen molar-refractivity contribution in [1.82, 2.24) is 5.32 Å². The lowest BCUT2D eigenvalue weighted by Gasteiger charge is -2.11. The highest BCUT2D eigenvalue weighted by atomic mass is 32.2. The zero-order valence-electron chi connectivity index (χ0n) is 12.8. The summed E-state index contributed by atoms with van der Waals surface area (Å²) in [5.41, 5.74) is 2.56. The summed E-state index contributed by atoms with van der Waals surface area (Å²) in [6.07, 6.45) is 1.28. The molecule has 0 saturated heterocycles. The van der Waals surface area contributed by atoms with E-state index in [9.17, 15) is 8.42 Å². The topological polar surface area (TPSA) is 46.2 Å². The van der Waals surface area contributed by atoms with Crippen LogP contribution >= 0.6 is 11.8 Å². The quantitative estimate of drug-likeness (QED) is 0.749. The van der Waals surface area contributed by atoms with E-state index >= 15 is 0 Å². The van der Waals surface area contributed by atoms with Crippen molar-refractivity contribution in [1.29, 1.82) is 0 Å². The van der Waals surface area contributed by atoms with E-state index in [-0.39, 0.29) is 5.75 Å². The Bertz CT molecular complexity index is 525. The van der Waals surface area contributed by atoms with Gasteiger partial charge in [-0.25, -0.2) is 8.42 Å². The number of benzene rings is 1. The van der Waals surface area contributed by atoms with E-state index in [0.29, 0.717) is 11.7 Å². The monoisotopic (exact) mass is 315 g/mol. The van der Waals surface area contributed by atoms with Crippen molar-refractivity contribution < 1.29 is 8.42 Å². The third kappa shape index (κ3) is 7.31. The molecule has 0 radical (unpaired) electrons. The lowest BCUT2D eigenvalue weighted by Crippen LogP contribution is -2.19. The first kappa shape index (κ1) is 17.5. The van der Waals surface area contributed by atoms with E-state index in [1.165, 1.54) is 17.4 Å². The average Bonchev–Trinajstić information content (AvgIpc) is 2.30. The van der Waals surface area contributed by atoms with Gasteiger partial charge in [-0.1, -0.05) is 19.9 Å². The average molecular weight is 316 g/mol. The molecule has 1 N–H and O–H groups in total. The van der Waals surface area contributed by atoms with Gasteiger partial charge in [0.25, 0.3) is 0 Å². The summed E-state index contributed by atoms with van der Waals surface area (Å²) in [7, 11) is -2.86. The molecule has 5 heteroatoms. The van der Waals surface area contributed by atoms with Crippen LogP contribution in [-0.4, -0.2) is 32.7 Å². The van der Waals surface area contributed by atoms with E-state index in [0.717, 1.165) is 18.0 Å². The Labute approximate surface area is 127 Å². The smallest absolute Gasteiger partial charge is 0.148 e. The molecule has 0 spiro atoms. The molecular formula is C15H25NO2S2. The van der Waals surface area contributed by atoms with Gasteiger partial charge in [-0.15, -0.1) is 11.8 Å². The normalized spacial score (nSPS) is 12.1. The van der Waals surface area contributed by atoms with Crippen LogP contribution < -0.4 is 5.32 Å². The minimum Gasteiger partial charge on any atom is -0.312 e. The van der Waals surface area contributed by atoms with E-state index in [4.69, 9.17) is 0 Å². The third-order valence-electron chi connectivity index (χ3n) is 2.90. The second kappa shape index (κ2) is 8.05. The summed E-state index contributed by atoms with van der Waals surface area (Å²) >= 11 is 1.60. The van der Waals surface area contributed by atoms with Crippen LogP contribution in [0.1, 0.15) is 25.0 Å². The van der Waals surface area contributed by atoms with Crippen LogP contribution in [0.3, 0.4) is 0 Å². The molecule has 0 fully saturated rings. The molecule has 0 aliphatic rings. The molecule has 0 unspecified atom stereocenters. The number of aryl methyl sites for hydroxylation is 1. The highest BCUT2D eigenvalue weighted by Gasteiger charge is 2.04. The predicted octanol–water partition coefficient (Wildman–Crippen LogP) is 2.88. The van der Waals surface area contributed by atoms with Gasteiger partial charge in [0.2, 0.25) is 0 Å². The summed E-state index contributed by atoms with van der Waals surface area (Å²) in [5.74, 6) is 1.50. The molecule has 1 rings (SSSR count). The van der Waals surface area contributed by atoms with E-state index in [1.54, 1.807) is 11.8 Å². The van der Waals surface area contributed by atoms with Crippen molar-refractivity contribution in [3.8, 4) is 0 Å². The minimum atomic E-state index is -2.86. The van der Waals surface area contributed by atoms with Crippen molar-refractivity contribution in [3.63, 3.8) is 0 Å². The molecule has 3 nitrogen and oxygen atoms in total. The number of rotatable bonds is 8. The lowest BCUT2D eigenvalue weighted by molar-refractivity contribution is 0.551.